The molecule has 0 saturated heterocycles. The largest absolute Gasteiger partial charge is 0.491 e. The average molecular weight is 645 g/mol. The molecule has 2 aliphatic rings. The second-order valence-corrected chi connectivity index (χ2v) is 12.2. The topological polar surface area (TPSA) is 111 Å². The van der Waals surface area contributed by atoms with Gasteiger partial charge in [0.15, 0.2) is 6.10 Å². The van der Waals surface area contributed by atoms with Gasteiger partial charge in [0, 0.05) is 30.6 Å². The van der Waals surface area contributed by atoms with Crippen molar-refractivity contribution in [3.8, 4) is 5.75 Å². The van der Waals surface area contributed by atoms with Gasteiger partial charge in [-0.3, -0.25) is 0 Å². The zero-order valence-corrected chi connectivity index (χ0v) is 28.5. The maximum atomic E-state index is 11.5. The van der Waals surface area contributed by atoms with Crippen molar-refractivity contribution in [3.63, 3.8) is 0 Å². The first kappa shape index (κ1) is 38.3. The molecule has 9 heteroatoms. The van der Waals surface area contributed by atoms with Gasteiger partial charge >= 0.3 is 5.97 Å². The van der Waals surface area contributed by atoms with Crippen LogP contribution in [0.1, 0.15) is 82.1 Å². The number of fused-ring (bicyclic) bond motifs is 1. The Kier molecular flexibility index (Phi) is 16.6. The number of halogens is 1. The predicted octanol–water partition coefficient (Wildman–Crippen LogP) is 6.52. The molecule has 45 heavy (non-hydrogen) atoms. The molecule has 0 bridgehead atoms. The molecule has 2 aromatic rings. The lowest BCUT2D eigenvalue weighted by molar-refractivity contribution is -0.146. The lowest BCUT2D eigenvalue weighted by Gasteiger charge is -2.43. The fourth-order valence-corrected chi connectivity index (χ4v) is 6.14. The van der Waals surface area contributed by atoms with E-state index in [0.717, 1.165) is 55.8 Å². The number of carbonyl (C=O) groups excluding carboxylic acids is 1. The molecule has 3 N–H and O–H groups in total. The number of hydrogen-bond donors (Lipinski definition) is 3. The molecule has 5 unspecified atom stereocenters. The van der Waals surface area contributed by atoms with Gasteiger partial charge in [0.25, 0.3) is 0 Å². The van der Waals surface area contributed by atoms with E-state index in [0.29, 0.717) is 36.8 Å². The monoisotopic (exact) mass is 644 g/mol. The molecule has 1 aliphatic carbocycles. The molecule has 2 aromatic carbocycles. The Morgan fingerprint density at radius 3 is 2.44 bits per heavy atom. The van der Waals surface area contributed by atoms with Crippen LogP contribution in [0.2, 0.25) is 5.02 Å². The Hall–Kier alpha value is -2.91. The summed E-state index contributed by atoms with van der Waals surface area (Å²) in [4.78, 5) is 24.7. The van der Waals surface area contributed by atoms with Crippen molar-refractivity contribution < 1.29 is 29.6 Å². The molecule has 1 aliphatic heterocycles. The van der Waals surface area contributed by atoms with E-state index < -0.39 is 18.2 Å². The lowest BCUT2D eigenvalue weighted by atomic mass is 9.69. The van der Waals surface area contributed by atoms with E-state index in [1.54, 1.807) is 18.2 Å². The van der Waals surface area contributed by atoms with Crippen LogP contribution < -0.4 is 9.64 Å². The van der Waals surface area contributed by atoms with Crippen LogP contribution in [-0.4, -0.2) is 78.9 Å². The van der Waals surface area contributed by atoms with Crippen LogP contribution in [0.5, 0.6) is 5.75 Å². The summed E-state index contributed by atoms with van der Waals surface area (Å²) in [6.07, 6.45) is 7.49. The minimum Gasteiger partial charge on any atom is -0.491 e. The summed E-state index contributed by atoms with van der Waals surface area (Å²) in [5.41, 5.74) is 3.55. The van der Waals surface area contributed by atoms with Gasteiger partial charge in [-0.05, 0) is 99.5 Å². The molecule has 0 radical (unpaired) electrons. The van der Waals surface area contributed by atoms with Gasteiger partial charge in [0.2, 0.25) is 0 Å². The number of hydrogen-bond acceptors (Lipinski definition) is 7. The van der Waals surface area contributed by atoms with E-state index in [9.17, 15) is 20.1 Å². The molecule has 4 rings (SSSR count). The molecule has 1 heterocycles. The summed E-state index contributed by atoms with van der Waals surface area (Å²) >= 11 is 6.36. The van der Waals surface area contributed by atoms with E-state index in [2.05, 4.69) is 34.9 Å². The molecule has 8 nitrogen and oxygen atoms in total. The number of aliphatic carboxylic acids is 1. The summed E-state index contributed by atoms with van der Waals surface area (Å²) in [6, 6.07) is 11.2. The first-order valence-corrected chi connectivity index (χ1v) is 16.6. The van der Waals surface area contributed by atoms with Crippen molar-refractivity contribution in [2.75, 3.05) is 45.2 Å². The van der Waals surface area contributed by atoms with Gasteiger partial charge in [-0.2, -0.15) is 0 Å². The second-order valence-electron chi connectivity index (χ2n) is 11.7. The van der Waals surface area contributed by atoms with E-state index in [1.807, 2.05) is 40.1 Å². The molecule has 1 fully saturated rings. The minimum absolute atomic E-state index is 0.0801. The number of aliphatic hydroxyl groups is 2. The third-order valence-corrected chi connectivity index (χ3v) is 8.49. The molecule has 1 saturated carbocycles. The zero-order chi connectivity index (χ0) is 33.5. The summed E-state index contributed by atoms with van der Waals surface area (Å²) in [5.74, 6) is -0.0190. The Morgan fingerprint density at radius 2 is 1.84 bits per heavy atom. The second kappa shape index (κ2) is 19.6. The van der Waals surface area contributed by atoms with Crippen molar-refractivity contribution >= 4 is 29.5 Å². The lowest BCUT2D eigenvalue weighted by Crippen LogP contribution is -2.44. The van der Waals surface area contributed by atoms with Crippen LogP contribution in [0.25, 0.3) is 0 Å². The van der Waals surface area contributed by atoms with Crippen LogP contribution in [0, 0.1) is 11.8 Å². The number of aryl methyl sites for hydroxylation is 1. The van der Waals surface area contributed by atoms with Crippen LogP contribution >= 0.6 is 11.6 Å². The maximum Gasteiger partial charge on any atom is 0.337 e. The number of benzene rings is 2. The fourth-order valence-electron chi connectivity index (χ4n) is 5.95. The average Bonchev–Trinajstić information content (AvgIpc) is 3.17. The first-order chi connectivity index (χ1) is 21.6. The van der Waals surface area contributed by atoms with Gasteiger partial charge in [-0.1, -0.05) is 63.1 Å². The third-order valence-electron chi connectivity index (χ3n) is 8.26. The molecule has 0 amide bonds. The minimum atomic E-state index is -1.61. The summed E-state index contributed by atoms with van der Waals surface area (Å²) < 4.78 is 6.33. The van der Waals surface area contributed by atoms with Gasteiger partial charge < -0.3 is 34.7 Å². The van der Waals surface area contributed by atoms with Crippen molar-refractivity contribution in [2.45, 2.75) is 77.9 Å². The number of rotatable bonds is 12. The van der Waals surface area contributed by atoms with E-state index in [1.165, 1.54) is 18.1 Å². The molecular formula is C36H53ClN2O6. The number of nitrogens with zero attached hydrogens (tertiary/aromatic N) is 2. The van der Waals surface area contributed by atoms with E-state index >= 15 is 0 Å². The summed E-state index contributed by atoms with van der Waals surface area (Å²) in [5, 5.41) is 31.4. The van der Waals surface area contributed by atoms with Crippen LogP contribution in [0.15, 0.2) is 48.6 Å². The summed E-state index contributed by atoms with van der Waals surface area (Å²) in [7, 11) is 4.05. The number of anilines is 1. The predicted molar refractivity (Wildman–Crippen MR) is 183 cm³/mol. The number of carbonyl (C=O) groups is 2. The number of carboxylic acids is 1. The van der Waals surface area contributed by atoms with Crippen LogP contribution in [0.3, 0.4) is 0 Å². The number of carboxylic acid groups (broad SMARTS) is 1. The Balaban J connectivity index is 0.00000133. The molecular weight excluding hydrogens is 592 g/mol. The van der Waals surface area contributed by atoms with Crippen LogP contribution in [-0.2, 0) is 16.0 Å². The Morgan fingerprint density at radius 1 is 1.13 bits per heavy atom. The Bertz CT molecular complexity index is 1240. The van der Waals surface area contributed by atoms with Gasteiger partial charge in [-0.15, -0.1) is 0 Å². The van der Waals surface area contributed by atoms with Gasteiger partial charge in [0.1, 0.15) is 12.0 Å². The quantitative estimate of drug-likeness (QED) is 0.177. The molecule has 0 aromatic heterocycles. The number of ether oxygens (including phenoxy) is 1. The standard InChI is InChI=1S/C32H43ClN2O5.C2H4O.C2H6/c1-4-7-21-16-25(33)11-13-26(21)24-19-35(18-23-9-12-27(23)29(36)8-5-6-15-34(2)3)28-17-22(31(37)32(38)39)10-14-30(28)40-20-24;1-2-3;1-2/h5-6,10-11,13-14,16-17,23-24,27,29,31,36-37H,4,7-9,12,15,18-20H2,1-3H3,(H,38,39);2H,1H3;1-2H3/b6-5-;;. The highest BCUT2D eigenvalue weighted by Crippen LogP contribution is 2.43. The van der Waals surface area contributed by atoms with Crippen LogP contribution in [0.4, 0.5) is 5.69 Å². The van der Waals surface area contributed by atoms with Crippen molar-refractivity contribution in [2.24, 2.45) is 11.8 Å². The zero-order valence-electron chi connectivity index (χ0n) is 27.8. The normalized spacial score (nSPS) is 20.3. The molecule has 250 valence electrons. The van der Waals surface area contributed by atoms with E-state index in [-0.39, 0.29) is 11.8 Å². The molecule has 5 atom stereocenters. The van der Waals surface area contributed by atoms with Gasteiger partial charge in [0.05, 0.1) is 18.4 Å². The van der Waals surface area contributed by atoms with Crippen molar-refractivity contribution in [1.29, 1.82) is 0 Å². The maximum absolute atomic E-state index is 11.5. The SMILES string of the molecule is CC.CC=O.CCCc1cc(Cl)ccc1C1COc2ccc(C(O)C(=O)O)cc2N(CC2CCC2C(O)C/C=C\CN(C)C)C1. The highest BCUT2D eigenvalue weighted by molar-refractivity contribution is 6.30. The smallest absolute Gasteiger partial charge is 0.337 e. The van der Waals surface area contributed by atoms with E-state index in [4.69, 9.17) is 21.1 Å². The highest BCUT2D eigenvalue weighted by Gasteiger charge is 2.38. The van der Waals surface area contributed by atoms with Crippen molar-refractivity contribution in [1.82, 2.24) is 4.90 Å². The third kappa shape index (κ3) is 11.1. The first-order valence-electron chi connectivity index (χ1n) is 16.2. The number of aliphatic hydroxyl groups excluding tert-OH is 2. The Labute approximate surface area is 274 Å². The molecule has 0 spiro atoms. The number of likely N-dealkylation sites (N-methyl/N-ethyl adjacent to an activating group) is 1. The number of aldehydes is 1. The van der Waals surface area contributed by atoms with Gasteiger partial charge in [-0.25, -0.2) is 4.79 Å². The van der Waals surface area contributed by atoms with Crippen molar-refractivity contribution in [3.05, 3.63) is 70.3 Å². The highest BCUT2D eigenvalue weighted by atomic mass is 35.5. The fraction of sp³-hybridized carbons (Fsp3) is 0.556. The summed E-state index contributed by atoms with van der Waals surface area (Å²) in [6.45, 7) is 10.3.